The van der Waals surface area contributed by atoms with Gasteiger partial charge < -0.3 is 15.0 Å². The molecule has 9 heteroatoms. The molecule has 3 N–H and O–H groups in total. The predicted octanol–water partition coefficient (Wildman–Crippen LogP) is -0.426. The molecule has 0 radical (unpaired) electrons. The number of hydrogen-bond acceptors (Lipinski definition) is 7. The SMILES string of the molecule is CS(=O)(=O)Oc1cnc(C(=O)CCC(N)=O)c(O)c1. The van der Waals surface area contributed by atoms with Crippen molar-refractivity contribution in [2.45, 2.75) is 12.8 Å². The Balaban J connectivity index is 2.88. The first-order valence-electron chi connectivity index (χ1n) is 5.09. The molecule has 0 bridgehead atoms. The highest BCUT2D eigenvalue weighted by molar-refractivity contribution is 7.86. The maximum atomic E-state index is 11.6. The Morgan fingerprint density at radius 1 is 1.42 bits per heavy atom. The molecule has 0 aliphatic rings. The second-order valence-corrected chi connectivity index (χ2v) is 5.29. The van der Waals surface area contributed by atoms with E-state index >= 15 is 0 Å². The first-order chi connectivity index (χ1) is 8.69. The van der Waals surface area contributed by atoms with Crippen LogP contribution in [0.4, 0.5) is 0 Å². The summed E-state index contributed by atoms with van der Waals surface area (Å²) in [5.41, 5.74) is 4.61. The average Bonchev–Trinajstić information content (AvgIpc) is 2.23. The summed E-state index contributed by atoms with van der Waals surface area (Å²) < 4.78 is 26.2. The number of aromatic nitrogens is 1. The molecule has 1 amide bonds. The summed E-state index contributed by atoms with van der Waals surface area (Å²) in [5.74, 6) is -1.98. The fraction of sp³-hybridized carbons (Fsp3) is 0.300. The summed E-state index contributed by atoms with van der Waals surface area (Å²) in [6, 6.07) is 0.950. The van der Waals surface area contributed by atoms with Crippen LogP contribution in [0.3, 0.4) is 0 Å². The lowest BCUT2D eigenvalue weighted by Gasteiger charge is -2.05. The third-order valence-electron chi connectivity index (χ3n) is 1.95. The monoisotopic (exact) mass is 288 g/mol. The van der Waals surface area contributed by atoms with Crippen LogP contribution in [0.2, 0.25) is 0 Å². The third-order valence-corrected chi connectivity index (χ3v) is 2.45. The van der Waals surface area contributed by atoms with Crippen molar-refractivity contribution in [3.63, 3.8) is 0 Å². The van der Waals surface area contributed by atoms with Crippen LogP contribution in [0.25, 0.3) is 0 Å². The number of aromatic hydroxyl groups is 1. The van der Waals surface area contributed by atoms with Crippen LogP contribution in [0, 0.1) is 0 Å². The van der Waals surface area contributed by atoms with Crippen molar-refractivity contribution in [2.24, 2.45) is 5.73 Å². The molecule has 104 valence electrons. The third kappa shape index (κ3) is 4.92. The maximum Gasteiger partial charge on any atom is 0.306 e. The number of carbonyl (C=O) groups excluding carboxylic acids is 2. The second kappa shape index (κ2) is 5.65. The highest BCUT2D eigenvalue weighted by atomic mass is 32.2. The number of amides is 1. The first kappa shape index (κ1) is 14.9. The fourth-order valence-electron chi connectivity index (χ4n) is 1.23. The van der Waals surface area contributed by atoms with E-state index < -0.39 is 27.6 Å². The summed E-state index contributed by atoms with van der Waals surface area (Å²) in [7, 11) is -3.75. The number of carbonyl (C=O) groups is 2. The van der Waals surface area contributed by atoms with E-state index in [1.165, 1.54) is 0 Å². The van der Waals surface area contributed by atoms with E-state index in [1.807, 2.05) is 0 Å². The Bertz CT molecular complexity index is 610. The van der Waals surface area contributed by atoms with Crippen molar-refractivity contribution < 1.29 is 27.3 Å². The van der Waals surface area contributed by atoms with E-state index in [-0.39, 0.29) is 24.3 Å². The first-order valence-corrected chi connectivity index (χ1v) is 6.90. The molecule has 0 fully saturated rings. The van der Waals surface area contributed by atoms with Gasteiger partial charge in [-0.15, -0.1) is 0 Å². The van der Waals surface area contributed by atoms with Gasteiger partial charge in [0.1, 0.15) is 11.4 Å². The molecule has 0 aliphatic heterocycles. The van der Waals surface area contributed by atoms with Crippen LogP contribution >= 0.6 is 0 Å². The van der Waals surface area contributed by atoms with Gasteiger partial charge in [0.25, 0.3) is 0 Å². The van der Waals surface area contributed by atoms with Crippen LogP contribution in [0.15, 0.2) is 12.3 Å². The van der Waals surface area contributed by atoms with Gasteiger partial charge in [0.2, 0.25) is 5.91 Å². The minimum Gasteiger partial charge on any atom is -0.505 e. The van der Waals surface area contributed by atoms with E-state index in [2.05, 4.69) is 9.17 Å². The van der Waals surface area contributed by atoms with Crippen molar-refractivity contribution in [3.8, 4) is 11.5 Å². The summed E-state index contributed by atoms with van der Waals surface area (Å²) in [5, 5.41) is 9.55. The molecule has 0 atom stereocenters. The molecule has 1 rings (SSSR count). The van der Waals surface area contributed by atoms with Gasteiger partial charge in [-0.25, -0.2) is 4.98 Å². The normalized spacial score (nSPS) is 11.0. The smallest absolute Gasteiger partial charge is 0.306 e. The molecule has 1 heterocycles. The molecule has 0 aromatic carbocycles. The number of Topliss-reactive ketones (excluding diaryl/α,β-unsaturated/α-hetero) is 1. The molecule has 0 aliphatic carbocycles. The van der Waals surface area contributed by atoms with Crippen molar-refractivity contribution in [2.75, 3.05) is 6.26 Å². The van der Waals surface area contributed by atoms with Gasteiger partial charge in [-0.1, -0.05) is 0 Å². The van der Waals surface area contributed by atoms with Crippen molar-refractivity contribution >= 4 is 21.8 Å². The van der Waals surface area contributed by atoms with E-state index in [0.717, 1.165) is 18.5 Å². The average molecular weight is 288 g/mol. The lowest BCUT2D eigenvalue weighted by atomic mass is 10.1. The minimum absolute atomic E-state index is 0.165. The molecular weight excluding hydrogens is 276 g/mol. The number of primary amides is 1. The largest absolute Gasteiger partial charge is 0.505 e. The van der Waals surface area contributed by atoms with Gasteiger partial charge in [0, 0.05) is 18.9 Å². The molecule has 0 saturated carbocycles. The number of nitrogens with two attached hydrogens (primary N) is 1. The predicted molar refractivity (Wildman–Crippen MR) is 64.1 cm³/mol. The Hall–Kier alpha value is -2.16. The Morgan fingerprint density at radius 3 is 2.53 bits per heavy atom. The minimum atomic E-state index is -3.75. The molecule has 0 unspecified atom stereocenters. The lowest BCUT2D eigenvalue weighted by Crippen LogP contribution is -2.13. The standard InChI is InChI=1S/C10H12N2O6S/c1-19(16,17)18-6-4-8(14)10(12-5-6)7(13)2-3-9(11)15/h4-5,14H,2-3H2,1H3,(H2,11,15). The number of nitrogens with zero attached hydrogens (tertiary/aromatic N) is 1. The summed E-state index contributed by atoms with van der Waals surface area (Å²) >= 11 is 0. The summed E-state index contributed by atoms with van der Waals surface area (Å²) in [4.78, 5) is 25.7. The van der Waals surface area contributed by atoms with Gasteiger partial charge >= 0.3 is 10.1 Å². The Kier molecular flexibility index (Phi) is 4.43. The van der Waals surface area contributed by atoms with Crippen molar-refractivity contribution in [1.82, 2.24) is 4.98 Å². The zero-order chi connectivity index (χ0) is 14.6. The highest BCUT2D eigenvalue weighted by Crippen LogP contribution is 2.23. The van der Waals surface area contributed by atoms with E-state index in [1.54, 1.807) is 0 Å². The van der Waals surface area contributed by atoms with Crippen LogP contribution in [-0.2, 0) is 14.9 Å². The van der Waals surface area contributed by atoms with Crippen LogP contribution in [0.1, 0.15) is 23.3 Å². The van der Waals surface area contributed by atoms with Crippen LogP contribution < -0.4 is 9.92 Å². The maximum absolute atomic E-state index is 11.6. The summed E-state index contributed by atoms with van der Waals surface area (Å²) in [6.07, 6.45) is 1.46. The Morgan fingerprint density at radius 2 is 2.05 bits per heavy atom. The Labute approximate surface area is 109 Å². The molecule has 1 aromatic rings. The summed E-state index contributed by atoms with van der Waals surface area (Å²) in [6.45, 7) is 0. The van der Waals surface area contributed by atoms with Crippen molar-refractivity contribution in [3.05, 3.63) is 18.0 Å². The molecule has 0 spiro atoms. The highest BCUT2D eigenvalue weighted by Gasteiger charge is 2.16. The quantitative estimate of drug-likeness (QED) is 0.535. The van der Waals surface area contributed by atoms with Gasteiger partial charge in [-0.2, -0.15) is 8.42 Å². The van der Waals surface area contributed by atoms with E-state index in [4.69, 9.17) is 5.73 Å². The molecular formula is C10H12N2O6S. The lowest BCUT2D eigenvalue weighted by molar-refractivity contribution is -0.118. The number of ketones is 1. The fourth-order valence-corrected chi connectivity index (χ4v) is 1.67. The van der Waals surface area contributed by atoms with Crippen molar-refractivity contribution in [1.29, 1.82) is 0 Å². The van der Waals surface area contributed by atoms with Crippen LogP contribution in [-0.4, -0.2) is 36.5 Å². The molecule has 8 nitrogen and oxygen atoms in total. The second-order valence-electron chi connectivity index (χ2n) is 3.72. The van der Waals surface area contributed by atoms with E-state index in [0.29, 0.717) is 0 Å². The number of hydrogen-bond donors (Lipinski definition) is 2. The number of rotatable bonds is 6. The van der Waals surface area contributed by atoms with Gasteiger partial charge in [0.15, 0.2) is 11.5 Å². The van der Waals surface area contributed by atoms with Gasteiger partial charge in [-0.05, 0) is 0 Å². The van der Waals surface area contributed by atoms with Gasteiger partial charge in [-0.3, -0.25) is 9.59 Å². The topological polar surface area (TPSA) is 137 Å². The molecule has 19 heavy (non-hydrogen) atoms. The number of pyridine rings is 1. The molecule has 1 aromatic heterocycles. The zero-order valence-electron chi connectivity index (χ0n) is 9.99. The molecule has 0 saturated heterocycles. The van der Waals surface area contributed by atoms with E-state index in [9.17, 15) is 23.1 Å². The zero-order valence-corrected chi connectivity index (χ0v) is 10.8. The van der Waals surface area contributed by atoms with Crippen LogP contribution in [0.5, 0.6) is 11.5 Å². The van der Waals surface area contributed by atoms with Gasteiger partial charge in [0.05, 0.1) is 12.5 Å².